The fourth-order valence-electron chi connectivity index (χ4n) is 4.07. The van der Waals surface area contributed by atoms with Gasteiger partial charge in [0.1, 0.15) is 17.4 Å². The summed E-state index contributed by atoms with van der Waals surface area (Å²) in [4.78, 5) is 45.2. The van der Waals surface area contributed by atoms with Crippen LogP contribution >= 0.6 is 11.3 Å². The number of fused-ring (bicyclic) bond motifs is 1. The molecular formula is C30H32FN5O6S2. The van der Waals surface area contributed by atoms with Crippen molar-refractivity contribution < 1.29 is 31.9 Å². The number of halogens is 1. The van der Waals surface area contributed by atoms with Crippen LogP contribution in [0.3, 0.4) is 0 Å². The predicted molar refractivity (Wildman–Crippen MR) is 166 cm³/mol. The zero-order chi connectivity index (χ0) is 31.9. The summed E-state index contributed by atoms with van der Waals surface area (Å²) in [5, 5.41) is 5.99. The Morgan fingerprint density at radius 3 is 2.45 bits per heavy atom. The Hall–Kier alpha value is -4.43. The summed E-state index contributed by atoms with van der Waals surface area (Å²) >= 11 is 0.951. The molecule has 1 aliphatic carbocycles. The van der Waals surface area contributed by atoms with E-state index in [9.17, 15) is 22.8 Å². The van der Waals surface area contributed by atoms with E-state index < -0.39 is 38.8 Å². The second kappa shape index (κ2) is 14.4. The van der Waals surface area contributed by atoms with Crippen molar-refractivity contribution in [3.8, 4) is 11.1 Å². The SMILES string of the molecule is CC.CS(=O)(=O)C(C(=O)NCC(=O)NC1CC1)c1nc2cc(F)c(-c3ccc(NC(=O)OCc4ccccn4)cc3)cc2s1. The zero-order valence-corrected chi connectivity index (χ0v) is 25.9. The molecule has 4 aromatic rings. The average molecular weight is 642 g/mol. The monoisotopic (exact) mass is 641 g/mol. The van der Waals surface area contributed by atoms with E-state index in [2.05, 4.69) is 25.9 Å². The minimum Gasteiger partial charge on any atom is -0.443 e. The van der Waals surface area contributed by atoms with Crippen LogP contribution in [0.4, 0.5) is 14.9 Å². The van der Waals surface area contributed by atoms with Crippen molar-refractivity contribution in [3.63, 3.8) is 0 Å². The number of thiazole rings is 1. The lowest BCUT2D eigenvalue weighted by molar-refractivity contribution is -0.126. The highest BCUT2D eigenvalue weighted by molar-refractivity contribution is 7.91. The molecular weight excluding hydrogens is 609 g/mol. The maximum absolute atomic E-state index is 15.1. The number of hydrogen-bond acceptors (Lipinski definition) is 9. The smallest absolute Gasteiger partial charge is 0.412 e. The lowest BCUT2D eigenvalue weighted by Gasteiger charge is -2.12. The van der Waals surface area contributed by atoms with Gasteiger partial charge in [0.25, 0.3) is 0 Å². The number of sulfone groups is 1. The number of rotatable bonds is 10. The molecule has 1 fully saturated rings. The first kappa shape index (κ1) is 32.5. The van der Waals surface area contributed by atoms with E-state index in [1.807, 2.05) is 13.8 Å². The van der Waals surface area contributed by atoms with Gasteiger partial charge in [-0.3, -0.25) is 19.9 Å². The van der Waals surface area contributed by atoms with Crippen LogP contribution in [0.5, 0.6) is 0 Å². The van der Waals surface area contributed by atoms with Gasteiger partial charge in [-0.15, -0.1) is 11.3 Å². The minimum absolute atomic E-state index is 0.00439. The fourth-order valence-corrected chi connectivity index (χ4v) is 6.59. The lowest BCUT2D eigenvalue weighted by Crippen LogP contribution is -2.41. The molecule has 2 aromatic carbocycles. The molecule has 232 valence electrons. The number of pyridine rings is 1. The van der Waals surface area contributed by atoms with E-state index in [4.69, 9.17) is 4.74 Å². The van der Waals surface area contributed by atoms with Gasteiger partial charge in [-0.25, -0.2) is 22.6 Å². The van der Waals surface area contributed by atoms with Crippen molar-refractivity contribution in [2.45, 2.75) is 44.6 Å². The lowest BCUT2D eigenvalue weighted by atomic mass is 10.0. The summed E-state index contributed by atoms with van der Waals surface area (Å²) in [7, 11) is -3.97. The first-order valence-corrected chi connectivity index (χ1v) is 16.6. The van der Waals surface area contributed by atoms with Gasteiger partial charge in [-0.1, -0.05) is 32.0 Å². The number of ether oxygens (including phenoxy) is 1. The second-order valence-corrected chi connectivity index (χ2v) is 12.9. The third kappa shape index (κ3) is 8.57. The maximum Gasteiger partial charge on any atom is 0.412 e. The number of anilines is 1. The predicted octanol–water partition coefficient (Wildman–Crippen LogP) is 4.75. The molecule has 1 unspecified atom stereocenters. The Morgan fingerprint density at radius 2 is 1.82 bits per heavy atom. The molecule has 1 aliphatic rings. The van der Waals surface area contributed by atoms with Crippen molar-refractivity contribution in [3.05, 3.63) is 77.3 Å². The number of hydrogen-bond donors (Lipinski definition) is 3. The van der Waals surface area contributed by atoms with Gasteiger partial charge in [0.2, 0.25) is 11.8 Å². The normalized spacial score (nSPS) is 13.3. The Kier molecular flexibility index (Phi) is 10.6. The number of carbonyl (C=O) groups is 3. The maximum atomic E-state index is 15.1. The summed E-state index contributed by atoms with van der Waals surface area (Å²) < 4.78 is 45.8. The van der Waals surface area contributed by atoms with Gasteiger partial charge in [-0.2, -0.15) is 0 Å². The van der Waals surface area contributed by atoms with Gasteiger partial charge in [0, 0.05) is 35.8 Å². The van der Waals surface area contributed by atoms with Crippen LogP contribution in [-0.4, -0.2) is 55.1 Å². The molecule has 11 nitrogen and oxygen atoms in total. The van der Waals surface area contributed by atoms with Crippen LogP contribution in [0.25, 0.3) is 21.3 Å². The first-order valence-electron chi connectivity index (χ1n) is 13.9. The number of amides is 3. The van der Waals surface area contributed by atoms with Crippen LogP contribution in [-0.2, 0) is 30.8 Å². The molecule has 2 aromatic heterocycles. The van der Waals surface area contributed by atoms with Crippen molar-refractivity contribution in [1.29, 1.82) is 0 Å². The van der Waals surface area contributed by atoms with E-state index in [1.54, 1.807) is 48.7 Å². The fraction of sp³-hybridized carbons (Fsp3) is 0.300. The zero-order valence-electron chi connectivity index (χ0n) is 24.3. The molecule has 1 saturated carbocycles. The van der Waals surface area contributed by atoms with Crippen LogP contribution in [0.1, 0.15) is 42.6 Å². The second-order valence-electron chi connectivity index (χ2n) is 9.72. The molecule has 3 N–H and O–H groups in total. The quantitative estimate of drug-likeness (QED) is 0.224. The van der Waals surface area contributed by atoms with E-state index in [0.717, 1.165) is 30.4 Å². The summed E-state index contributed by atoms with van der Waals surface area (Å²) in [5.74, 6) is -1.89. The number of nitrogens with one attached hydrogen (secondary N) is 3. The van der Waals surface area contributed by atoms with Crippen LogP contribution in [0.15, 0.2) is 60.8 Å². The summed E-state index contributed by atoms with van der Waals surface area (Å²) in [6, 6.07) is 14.5. The molecule has 0 aliphatic heterocycles. The van der Waals surface area contributed by atoms with Crippen LogP contribution in [0.2, 0.25) is 0 Å². The van der Waals surface area contributed by atoms with Gasteiger partial charge >= 0.3 is 6.09 Å². The van der Waals surface area contributed by atoms with Gasteiger partial charge < -0.3 is 15.4 Å². The highest BCUT2D eigenvalue weighted by Crippen LogP contribution is 2.35. The van der Waals surface area contributed by atoms with Gasteiger partial charge in [-0.05, 0) is 48.7 Å². The molecule has 14 heteroatoms. The van der Waals surface area contributed by atoms with E-state index >= 15 is 4.39 Å². The van der Waals surface area contributed by atoms with Crippen LogP contribution < -0.4 is 16.0 Å². The van der Waals surface area contributed by atoms with Crippen molar-refractivity contribution in [2.24, 2.45) is 0 Å². The molecule has 0 bridgehead atoms. The highest BCUT2D eigenvalue weighted by Gasteiger charge is 2.34. The Labute approximate surface area is 258 Å². The van der Waals surface area contributed by atoms with E-state index in [-0.39, 0.29) is 35.3 Å². The molecule has 2 heterocycles. The molecule has 0 saturated heterocycles. The molecule has 1 atom stereocenters. The number of nitrogens with zero attached hydrogens (tertiary/aromatic N) is 2. The van der Waals surface area contributed by atoms with Crippen molar-refractivity contribution in [2.75, 3.05) is 18.1 Å². The summed E-state index contributed by atoms with van der Waals surface area (Å²) in [6.45, 7) is 3.64. The Balaban J connectivity index is 0.00000216. The topological polar surface area (TPSA) is 156 Å². The number of aromatic nitrogens is 2. The van der Waals surface area contributed by atoms with Crippen molar-refractivity contribution in [1.82, 2.24) is 20.6 Å². The summed E-state index contributed by atoms with van der Waals surface area (Å²) in [6.07, 6.45) is 3.57. The van der Waals surface area contributed by atoms with Gasteiger partial charge in [0.05, 0.1) is 22.5 Å². The third-order valence-corrected chi connectivity index (χ3v) is 8.80. The van der Waals surface area contributed by atoms with E-state index in [0.29, 0.717) is 21.6 Å². The third-order valence-electron chi connectivity index (χ3n) is 6.27. The molecule has 5 rings (SSSR count). The largest absolute Gasteiger partial charge is 0.443 e. The number of carbonyl (C=O) groups excluding carboxylic acids is 3. The van der Waals surface area contributed by atoms with Crippen LogP contribution in [0, 0.1) is 5.82 Å². The van der Waals surface area contributed by atoms with Gasteiger partial charge in [0.15, 0.2) is 15.1 Å². The Bertz CT molecular complexity index is 1740. The standard InChI is InChI=1S/C28H26FN5O6S2.C2H6/c1-42(38,39)25(26(36)31-14-24(35)32-17-9-10-17)27-34-22-13-21(29)20(12-23(22)41-27)16-5-7-18(8-6-16)33-28(37)40-15-19-4-2-3-11-30-19;1-2/h2-8,11-13,17,25H,9-10,14-15H2,1H3,(H,31,36)(H,32,35)(H,33,37);1-2H3. The first-order chi connectivity index (χ1) is 21.1. The molecule has 44 heavy (non-hydrogen) atoms. The highest BCUT2D eigenvalue weighted by atomic mass is 32.2. The summed E-state index contributed by atoms with van der Waals surface area (Å²) in [5.41, 5.74) is 1.94. The van der Waals surface area contributed by atoms with Crippen molar-refractivity contribution >= 4 is 55.0 Å². The average Bonchev–Trinajstić information content (AvgIpc) is 3.73. The number of benzene rings is 2. The molecule has 3 amide bonds. The minimum atomic E-state index is -3.97. The van der Waals surface area contributed by atoms with E-state index in [1.165, 1.54) is 12.1 Å². The Morgan fingerprint density at radius 1 is 1.09 bits per heavy atom. The molecule has 0 spiro atoms. The molecule has 0 radical (unpaired) electrons.